The van der Waals surface area contributed by atoms with E-state index in [1.54, 1.807) is 0 Å². The summed E-state index contributed by atoms with van der Waals surface area (Å²) < 4.78 is 0. The van der Waals surface area contributed by atoms with Gasteiger partial charge < -0.3 is 19.6 Å². The molecule has 2 atom stereocenters. The van der Waals surface area contributed by atoms with Crippen molar-refractivity contribution in [1.82, 2.24) is 9.80 Å². The Hall–Kier alpha value is -4.58. The van der Waals surface area contributed by atoms with E-state index in [1.165, 1.54) is 0 Å². The van der Waals surface area contributed by atoms with Gasteiger partial charge in [0.2, 0.25) is 11.8 Å². The smallest absolute Gasteiger partial charge is 0.245 e. The van der Waals surface area contributed by atoms with Crippen LogP contribution in [-0.2, 0) is 9.59 Å². The van der Waals surface area contributed by atoms with E-state index in [4.69, 9.17) is 0 Å². The molecule has 4 aromatic carbocycles. The molecule has 4 aromatic rings. The predicted molar refractivity (Wildman–Crippen MR) is 162 cm³/mol. The average Bonchev–Trinajstić information content (AvgIpc) is 3.02. The molecule has 40 heavy (non-hydrogen) atoms. The first kappa shape index (κ1) is 27.0. The molecule has 1 heterocycles. The molecule has 0 N–H and O–H groups in total. The normalized spacial score (nSPS) is 14.8. The van der Waals surface area contributed by atoms with Gasteiger partial charge in [-0.3, -0.25) is 9.59 Å². The van der Waals surface area contributed by atoms with E-state index in [0.29, 0.717) is 26.2 Å². The minimum Gasteiger partial charge on any atom is -0.337 e. The van der Waals surface area contributed by atoms with E-state index in [2.05, 4.69) is 9.80 Å². The second-order valence-electron chi connectivity index (χ2n) is 10.1. The number of hydrogen-bond donors (Lipinski definition) is 0. The van der Waals surface area contributed by atoms with Crippen molar-refractivity contribution < 1.29 is 9.59 Å². The highest BCUT2D eigenvalue weighted by Gasteiger charge is 2.33. The molecule has 0 spiro atoms. The lowest BCUT2D eigenvalue weighted by Crippen LogP contribution is -2.57. The van der Waals surface area contributed by atoms with Crippen molar-refractivity contribution in [3.63, 3.8) is 0 Å². The molecular weight excluding hydrogens is 496 g/mol. The van der Waals surface area contributed by atoms with Crippen molar-refractivity contribution in [1.29, 1.82) is 0 Å². The number of nitrogens with zero attached hydrogens (tertiary/aromatic N) is 4. The van der Waals surface area contributed by atoms with Crippen molar-refractivity contribution in [3.05, 3.63) is 121 Å². The van der Waals surface area contributed by atoms with E-state index < -0.39 is 12.1 Å². The van der Waals surface area contributed by atoms with Gasteiger partial charge in [0, 0.05) is 48.9 Å². The average molecular weight is 533 g/mol. The molecule has 5 rings (SSSR count). The molecule has 1 fully saturated rings. The van der Waals surface area contributed by atoms with Crippen LogP contribution in [0.5, 0.6) is 0 Å². The van der Waals surface area contributed by atoms with Crippen LogP contribution >= 0.6 is 0 Å². The number of carbonyl (C=O) groups is 2. The van der Waals surface area contributed by atoms with Crippen LogP contribution in [0.2, 0.25) is 0 Å². The van der Waals surface area contributed by atoms with Crippen molar-refractivity contribution in [3.8, 4) is 0 Å². The summed E-state index contributed by atoms with van der Waals surface area (Å²) in [5.74, 6) is 0.117. The number of para-hydroxylation sites is 4. The maximum absolute atomic E-state index is 13.7. The zero-order chi connectivity index (χ0) is 27.9. The highest BCUT2D eigenvalue weighted by molar-refractivity contribution is 5.90. The molecule has 0 radical (unpaired) electrons. The first-order valence-electron chi connectivity index (χ1n) is 13.9. The van der Waals surface area contributed by atoms with Crippen LogP contribution < -0.4 is 9.80 Å². The van der Waals surface area contributed by atoms with E-state index >= 15 is 0 Å². The van der Waals surface area contributed by atoms with Crippen molar-refractivity contribution in [2.24, 2.45) is 0 Å². The van der Waals surface area contributed by atoms with Gasteiger partial charge in [-0.05, 0) is 62.4 Å². The first-order valence-corrected chi connectivity index (χ1v) is 13.9. The fourth-order valence-electron chi connectivity index (χ4n) is 5.44. The summed E-state index contributed by atoms with van der Waals surface area (Å²) in [6.45, 7) is 5.95. The van der Waals surface area contributed by atoms with Crippen LogP contribution in [0.1, 0.15) is 13.8 Å². The molecule has 1 aliphatic rings. The number of amides is 2. The molecule has 6 nitrogen and oxygen atoms in total. The second kappa shape index (κ2) is 12.5. The third kappa shape index (κ3) is 5.86. The van der Waals surface area contributed by atoms with Gasteiger partial charge >= 0.3 is 0 Å². The lowest BCUT2D eigenvalue weighted by Gasteiger charge is -2.41. The quantitative estimate of drug-likeness (QED) is 0.275. The van der Waals surface area contributed by atoms with E-state index in [9.17, 15) is 9.59 Å². The molecule has 1 saturated heterocycles. The number of anilines is 4. The third-order valence-electron chi connectivity index (χ3n) is 7.53. The molecule has 0 saturated carbocycles. The Kier molecular flexibility index (Phi) is 8.45. The van der Waals surface area contributed by atoms with Crippen molar-refractivity contribution >= 4 is 34.6 Å². The molecule has 6 heteroatoms. The second-order valence-corrected chi connectivity index (χ2v) is 10.1. The molecule has 1 aliphatic heterocycles. The van der Waals surface area contributed by atoms with Gasteiger partial charge in [-0.15, -0.1) is 0 Å². The molecule has 204 valence electrons. The lowest BCUT2D eigenvalue weighted by molar-refractivity contribution is -0.140. The van der Waals surface area contributed by atoms with Crippen molar-refractivity contribution in [2.45, 2.75) is 25.9 Å². The summed E-state index contributed by atoms with van der Waals surface area (Å²) >= 11 is 0. The fourth-order valence-corrected chi connectivity index (χ4v) is 5.44. The monoisotopic (exact) mass is 532 g/mol. The zero-order valence-electron chi connectivity index (χ0n) is 23.1. The molecule has 0 aromatic heterocycles. The Labute approximate surface area is 237 Å². The minimum absolute atomic E-state index is 0.0584. The predicted octanol–water partition coefficient (Wildman–Crippen LogP) is 6.11. The topological polar surface area (TPSA) is 47.1 Å². The van der Waals surface area contributed by atoms with Crippen LogP contribution in [0.15, 0.2) is 121 Å². The van der Waals surface area contributed by atoms with Crippen LogP contribution in [0.3, 0.4) is 0 Å². The highest BCUT2D eigenvalue weighted by Crippen LogP contribution is 2.30. The number of piperazine rings is 1. The Morgan fingerprint density at radius 3 is 0.925 bits per heavy atom. The lowest BCUT2D eigenvalue weighted by atomic mass is 10.1. The Morgan fingerprint density at radius 2 is 0.700 bits per heavy atom. The number of carbonyl (C=O) groups excluding carboxylic acids is 2. The Balaban J connectivity index is 1.28. The standard InChI is InChI=1S/C34H36N4O2/c1-27(37(29-15-7-3-8-16-29)30-17-9-4-10-18-30)33(39)35-23-25-36(26-24-35)34(40)28(2)38(31-19-11-5-12-20-31)32-21-13-6-14-22-32/h3-22,27-28H,23-26H2,1-2H3. The number of benzene rings is 4. The SMILES string of the molecule is CC(C(=O)N1CCN(C(=O)C(C)N(c2ccccc2)c2ccccc2)CC1)N(c1ccccc1)c1ccccc1. The summed E-state index contributed by atoms with van der Waals surface area (Å²) in [5.41, 5.74) is 3.89. The van der Waals surface area contributed by atoms with Crippen LogP contribution in [0.25, 0.3) is 0 Å². The van der Waals surface area contributed by atoms with E-state index in [1.807, 2.05) is 145 Å². The van der Waals surface area contributed by atoms with E-state index in [-0.39, 0.29) is 11.8 Å². The zero-order valence-corrected chi connectivity index (χ0v) is 23.1. The van der Waals surface area contributed by atoms with Gasteiger partial charge in [0.25, 0.3) is 0 Å². The molecule has 2 unspecified atom stereocenters. The maximum atomic E-state index is 13.7. The first-order chi connectivity index (χ1) is 19.5. The molecule has 0 aliphatic carbocycles. The fraction of sp³-hybridized carbons (Fsp3) is 0.235. The van der Waals surface area contributed by atoms with Gasteiger partial charge in [0.15, 0.2) is 0 Å². The summed E-state index contributed by atoms with van der Waals surface area (Å²) in [4.78, 5) is 35.4. The van der Waals surface area contributed by atoms with Crippen LogP contribution in [0, 0.1) is 0 Å². The minimum atomic E-state index is -0.391. The summed E-state index contributed by atoms with van der Waals surface area (Å²) in [7, 11) is 0. The van der Waals surface area contributed by atoms with E-state index in [0.717, 1.165) is 22.7 Å². The summed E-state index contributed by atoms with van der Waals surface area (Å²) in [6, 6.07) is 39.3. The van der Waals surface area contributed by atoms with Gasteiger partial charge in [-0.2, -0.15) is 0 Å². The van der Waals surface area contributed by atoms with Gasteiger partial charge in [-0.1, -0.05) is 72.8 Å². The third-order valence-corrected chi connectivity index (χ3v) is 7.53. The van der Waals surface area contributed by atoms with Gasteiger partial charge in [-0.25, -0.2) is 0 Å². The summed E-state index contributed by atoms with van der Waals surface area (Å²) in [5, 5.41) is 0. The van der Waals surface area contributed by atoms with Crippen molar-refractivity contribution in [2.75, 3.05) is 36.0 Å². The number of hydrogen-bond acceptors (Lipinski definition) is 4. The summed E-state index contributed by atoms with van der Waals surface area (Å²) in [6.07, 6.45) is 0. The van der Waals surface area contributed by atoms with Gasteiger partial charge in [0.1, 0.15) is 12.1 Å². The molecule has 2 amide bonds. The molecule has 0 bridgehead atoms. The van der Waals surface area contributed by atoms with Crippen LogP contribution in [-0.4, -0.2) is 59.9 Å². The number of rotatable bonds is 8. The largest absolute Gasteiger partial charge is 0.337 e. The Bertz CT molecular complexity index is 1190. The van der Waals surface area contributed by atoms with Crippen LogP contribution in [0.4, 0.5) is 22.7 Å². The Morgan fingerprint density at radius 1 is 0.475 bits per heavy atom. The van der Waals surface area contributed by atoms with Gasteiger partial charge in [0.05, 0.1) is 0 Å². The molecular formula is C34H36N4O2. The maximum Gasteiger partial charge on any atom is 0.245 e. The highest BCUT2D eigenvalue weighted by atomic mass is 16.2.